The molecule has 19 heavy (non-hydrogen) atoms. The van der Waals surface area contributed by atoms with Crippen LogP contribution in [0.3, 0.4) is 0 Å². The topological polar surface area (TPSA) is 17.0 Å². The number of hydrogen-bond acceptors (Lipinski definition) is 1. The van der Waals surface area contributed by atoms with Crippen LogP contribution < -0.4 is 5.32 Å². The fourth-order valence-electron chi connectivity index (χ4n) is 2.71. The summed E-state index contributed by atoms with van der Waals surface area (Å²) in [5.41, 5.74) is 2.77. The third-order valence-electron chi connectivity index (χ3n) is 3.77. The van der Waals surface area contributed by atoms with Crippen LogP contribution in [-0.4, -0.2) is 11.6 Å². The lowest BCUT2D eigenvalue weighted by molar-refractivity contribution is 0.577. The fraction of sp³-hybridized carbons (Fsp3) is 0.529. The van der Waals surface area contributed by atoms with E-state index in [4.69, 9.17) is 0 Å². The molecule has 0 amide bonds. The molecule has 1 aromatic heterocycles. The van der Waals surface area contributed by atoms with E-state index in [0.29, 0.717) is 0 Å². The highest BCUT2D eigenvalue weighted by Crippen LogP contribution is 2.21. The summed E-state index contributed by atoms with van der Waals surface area (Å²) in [5, 5.41) is 4.64. The molecule has 1 N–H and O–H groups in total. The summed E-state index contributed by atoms with van der Waals surface area (Å²) in [6.45, 7) is 4.36. The SMILES string of the molecule is CCCCCCCn1ccc2c(CNC)cccc21. The monoisotopic (exact) mass is 258 g/mol. The zero-order valence-electron chi connectivity index (χ0n) is 12.3. The van der Waals surface area contributed by atoms with E-state index < -0.39 is 0 Å². The molecule has 2 aromatic rings. The number of nitrogens with zero attached hydrogens (tertiary/aromatic N) is 1. The van der Waals surface area contributed by atoms with Crippen molar-refractivity contribution in [3.63, 3.8) is 0 Å². The van der Waals surface area contributed by atoms with Gasteiger partial charge in [0.05, 0.1) is 0 Å². The summed E-state index contributed by atoms with van der Waals surface area (Å²) in [4.78, 5) is 0. The number of aromatic nitrogens is 1. The normalized spacial score (nSPS) is 11.3. The lowest BCUT2D eigenvalue weighted by atomic mass is 10.1. The number of fused-ring (bicyclic) bond motifs is 1. The number of rotatable bonds is 8. The molecule has 0 unspecified atom stereocenters. The molecule has 2 heteroatoms. The van der Waals surface area contributed by atoms with E-state index in [2.05, 4.69) is 47.3 Å². The van der Waals surface area contributed by atoms with Crippen molar-refractivity contribution in [2.24, 2.45) is 0 Å². The lowest BCUT2D eigenvalue weighted by Gasteiger charge is -2.07. The largest absolute Gasteiger partial charge is 0.347 e. The Morgan fingerprint density at radius 3 is 2.68 bits per heavy atom. The number of benzene rings is 1. The van der Waals surface area contributed by atoms with Crippen molar-refractivity contribution in [3.8, 4) is 0 Å². The fourth-order valence-corrected chi connectivity index (χ4v) is 2.71. The molecule has 0 aliphatic heterocycles. The summed E-state index contributed by atoms with van der Waals surface area (Å²) in [6.07, 6.45) is 8.95. The van der Waals surface area contributed by atoms with Gasteiger partial charge in [0, 0.05) is 30.2 Å². The predicted octanol–water partition coefficient (Wildman–Crippen LogP) is 4.33. The summed E-state index contributed by atoms with van der Waals surface area (Å²) >= 11 is 0. The van der Waals surface area contributed by atoms with Gasteiger partial charge < -0.3 is 9.88 Å². The van der Waals surface area contributed by atoms with Gasteiger partial charge in [-0.3, -0.25) is 0 Å². The Morgan fingerprint density at radius 1 is 1.05 bits per heavy atom. The Hall–Kier alpha value is -1.28. The summed E-state index contributed by atoms with van der Waals surface area (Å²) in [5.74, 6) is 0. The van der Waals surface area contributed by atoms with Crippen molar-refractivity contribution >= 4 is 10.9 Å². The maximum absolute atomic E-state index is 3.24. The lowest BCUT2D eigenvalue weighted by Crippen LogP contribution is -2.05. The van der Waals surface area contributed by atoms with Crippen LogP contribution in [0.15, 0.2) is 30.5 Å². The van der Waals surface area contributed by atoms with E-state index in [1.807, 2.05) is 7.05 Å². The van der Waals surface area contributed by atoms with Crippen LogP contribution in [0.5, 0.6) is 0 Å². The first-order valence-electron chi connectivity index (χ1n) is 7.58. The highest BCUT2D eigenvalue weighted by atomic mass is 14.9. The Balaban J connectivity index is 2.02. The number of hydrogen-bond donors (Lipinski definition) is 1. The van der Waals surface area contributed by atoms with Crippen LogP contribution >= 0.6 is 0 Å². The van der Waals surface area contributed by atoms with E-state index in [1.165, 1.54) is 48.6 Å². The van der Waals surface area contributed by atoms with E-state index in [9.17, 15) is 0 Å². The zero-order chi connectivity index (χ0) is 13.5. The van der Waals surface area contributed by atoms with Gasteiger partial charge in [-0.15, -0.1) is 0 Å². The average molecular weight is 258 g/mol. The Kier molecular flexibility index (Phi) is 5.46. The zero-order valence-corrected chi connectivity index (χ0v) is 12.3. The number of aryl methyl sites for hydroxylation is 1. The van der Waals surface area contributed by atoms with E-state index in [1.54, 1.807) is 0 Å². The molecule has 0 saturated carbocycles. The first kappa shape index (κ1) is 14.1. The number of nitrogens with one attached hydrogen (secondary N) is 1. The van der Waals surface area contributed by atoms with Crippen molar-refractivity contribution in [1.29, 1.82) is 0 Å². The van der Waals surface area contributed by atoms with Gasteiger partial charge in [0.15, 0.2) is 0 Å². The van der Waals surface area contributed by atoms with Crippen LogP contribution in [0.4, 0.5) is 0 Å². The smallest absolute Gasteiger partial charge is 0.0483 e. The Labute approximate surface area is 116 Å². The standard InChI is InChI=1S/C17H26N2/c1-3-4-5-6-7-12-19-13-11-16-15(14-18-2)9-8-10-17(16)19/h8-11,13,18H,3-7,12,14H2,1-2H3. The van der Waals surface area contributed by atoms with Crippen molar-refractivity contribution in [2.45, 2.75) is 52.1 Å². The van der Waals surface area contributed by atoms with Gasteiger partial charge in [-0.25, -0.2) is 0 Å². The third-order valence-corrected chi connectivity index (χ3v) is 3.77. The van der Waals surface area contributed by atoms with Crippen molar-refractivity contribution in [1.82, 2.24) is 9.88 Å². The Morgan fingerprint density at radius 2 is 1.89 bits per heavy atom. The molecule has 0 atom stereocenters. The van der Waals surface area contributed by atoms with E-state index in [-0.39, 0.29) is 0 Å². The van der Waals surface area contributed by atoms with E-state index in [0.717, 1.165) is 13.1 Å². The highest BCUT2D eigenvalue weighted by Gasteiger charge is 2.04. The minimum absolute atomic E-state index is 0.942. The van der Waals surface area contributed by atoms with Crippen molar-refractivity contribution in [3.05, 3.63) is 36.0 Å². The average Bonchev–Trinajstić information content (AvgIpc) is 2.83. The molecule has 2 rings (SSSR count). The molecular formula is C17H26N2. The maximum atomic E-state index is 3.24. The number of unbranched alkanes of at least 4 members (excludes halogenated alkanes) is 4. The summed E-state index contributed by atoms with van der Waals surface area (Å²) < 4.78 is 2.40. The van der Waals surface area contributed by atoms with Crippen molar-refractivity contribution in [2.75, 3.05) is 7.05 Å². The molecule has 0 radical (unpaired) electrons. The first-order valence-corrected chi connectivity index (χ1v) is 7.58. The van der Waals surface area contributed by atoms with Gasteiger partial charge in [0.25, 0.3) is 0 Å². The van der Waals surface area contributed by atoms with Crippen LogP contribution in [0, 0.1) is 0 Å². The quantitative estimate of drug-likeness (QED) is 0.697. The van der Waals surface area contributed by atoms with Gasteiger partial charge in [-0.05, 0) is 31.2 Å². The van der Waals surface area contributed by atoms with Crippen LogP contribution in [-0.2, 0) is 13.1 Å². The molecule has 0 aliphatic rings. The molecule has 0 saturated heterocycles. The van der Waals surface area contributed by atoms with Crippen LogP contribution in [0.1, 0.15) is 44.6 Å². The molecule has 2 nitrogen and oxygen atoms in total. The molecule has 0 spiro atoms. The maximum Gasteiger partial charge on any atom is 0.0483 e. The predicted molar refractivity (Wildman–Crippen MR) is 83.5 cm³/mol. The Bertz CT molecular complexity index is 499. The molecular weight excluding hydrogens is 232 g/mol. The van der Waals surface area contributed by atoms with Gasteiger partial charge in [0.2, 0.25) is 0 Å². The second kappa shape index (κ2) is 7.34. The molecule has 104 valence electrons. The van der Waals surface area contributed by atoms with Gasteiger partial charge in [-0.1, -0.05) is 44.7 Å². The minimum Gasteiger partial charge on any atom is -0.347 e. The summed E-state index contributed by atoms with van der Waals surface area (Å²) in [6, 6.07) is 8.88. The van der Waals surface area contributed by atoms with Crippen molar-refractivity contribution < 1.29 is 0 Å². The third kappa shape index (κ3) is 3.60. The van der Waals surface area contributed by atoms with E-state index >= 15 is 0 Å². The van der Waals surface area contributed by atoms with Crippen LogP contribution in [0.25, 0.3) is 10.9 Å². The summed E-state index contributed by atoms with van der Waals surface area (Å²) in [7, 11) is 2.00. The van der Waals surface area contributed by atoms with Gasteiger partial charge in [-0.2, -0.15) is 0 Å². The highest BCUT2D eigenvalue weighted by molar-refractivity contribution is 5.83. The second-order valence-electron chi connectivity index (χ2n) is 5.30. The first-order chi connectivity index (χ1) is 9.36. The van der Waals surface area contributed by atoms with Gasteiger partial charge in [0.1, 0.15) is 0 Å². The van der Waals surface area contributed by atoms with Crippen LogP contribution in [0.2, 0.25) is 0 Å². The molecule has 1 aromatic carbocycles. The molecule has 0 fully saturated rings. The molecule has 1 heterocycles. The minimum atomic E-state index is 0.942. The second-order valence-corrected chi connectivity index (χ2v) is 5.30. The molecule has 0 bridgehead atoms. The van der Waals surface area contributed by atoms with Gasteiger partial charge >= 0.3 is 0 Å². The molecule has 0 aliphatic carbocycles.